The normalized spacial score (nSPS) is 10.7. The van der Waals surface area contributed by atoms with Crippen molar-refractivity contribution in [2.45, 2.75) is 6.42 Å². The van der Waals surface area contributed by atoms with Crippen molar-refractivity contribution in [1.82, 2.24) is 0 Å². The van der Waals surface area contributed by atoms with E-state index >= 15 is 0 Å². The quantitative estimate of drug-likeness (QED) is 0.243. The number of hydrogen-bond acceptors (Lipinski definition) is 7. The van der Waals surface area contributed by atoms with E-state index in [1.165, 1.54) is 0 Å². The molecule has 0 saturated carbocycles. The van der Waals surface area contributed by atoms with Crippen LogP contribution in [0.1, 0.15) is 6.42 Å². The van der Waals surface area contributed by atoms with E-state index in [-0.39, 0.29) is 0 Å². The van der Waals surface area contributed by atoms with E-state index in [0.29, 0.717) is 65.9 Å². The molecule has 0 amide bonds. The molecule has 0 aliphatic rings. The van der Waals surface area contributed by atoms with E-state index in [1.54, 1.807) is 0 Å². The Kier molecular flexibility index (Phi) is 15.9. The Hall–Kier alpha value is -0.570. The summed E-state index contributed by atoms with van der Waals surface area (Å²) in [5.41, 5.74) is 0. The molecule has 0 spiro atoms. The van der Waals surface area contributed by atoms with Gasteiger partial charge >= 0.3 is 0 Å². The molecule has 0 radical (unpaired) electrons. The van der Waals surface area contributed by atoms with E-state index in [1.807, 2.05) is 0 Å². The van der Waals surface area contributed by atoms with Gasteiger partial charge in [-0.25, -0.2) is 5.90 Å². The Balaban J connectivity index is 2.88. The van der Waals surface area contributed by atoms with Crippen LogP contribution in [-0.4, -0.2) is 65.7 Å². The lowest BCUT2D eigenvalue weighted by atomic mass is 10.5. The molecule has 7 nitrogen and oxygen atoms in total. The van der Waals surface area contributed by atoms with Crippen LogP contribution in [0.15, 0.2) is 0 Å². The summed E-state index contributed by atoms with van der Waals surface area (Å²) in [5.74, 6) is 4.82. The molecule has 108 valence electrons. The number of hydrogen-bond donors (Lipinski definition) is 1. The summed E-state index contributed by atoms with van der Waals surface area (Å²) in [5, 5.41) is 0. The van der Waals surface area contributed by atoms with Gasteiger partial charge in [-0.05, 0) is 0 Å². The average molecular weight is 265 g/mol. The standard InChI is InChI=1S/C11H23NO6/c12-18-11-10-17-9-8-16-7-6-15-5-4-14-3-1-2-13/h2H,1,3-12H2. The van der Waals surface area contributed by atoms with Gasteiger partial charge in [-0.1, -0.05) is 0 Å². The molecule has 0 aromatic carbocycles. The van der Waals surface area contributed by atoms with Gasteiger partial charge < -0.3 is 28.6 Å². The average Bonchev–Trinajstić information content (AvgIpc) is 2.39. The monoisotopic (exact) mass is 265 g/mol. The Morgan fingerprint density at radius 3 is 1.44 bits per heavy atom. The third kappa shape index (κ3) is 15.4. The highest BCUT2D eigenvalue weighted by atomic mass is 16.6. The molecule has 0 aromatic heterocycles. The summed E-state index contributed by atoms with van der Waals surface area (Å²) in [4.78, 5) is 14.3. The van der Waals surface area contributed by atoms with E-state index in [4.69, 9.17) is 24.8 Å². The second-order valence-corrected chi connectivity index (χ2v) is 3.28. The summed E-state index contributed by atoms with van der Waals surface area (Å²) >= 11 is 0. The largest absolute Gasteiger partial charge is 0.379 e. The van der Waals surface area contributed by atoms with E-state index < -0.39 is 0 Å². The van der Waals surface area contributed by atoms with Crippen molar-refractivity contribution in [1.29, 1.82) is 0 Å². The fourth-order valence-corrected chi connectivity index (χ4v) is 1.00. The molecular weight excluding hydrogens is 242 g/mol. The van der Waals surface area contributed by atoms with Gasteiger partial charge in [0, 0.05) is 6.42 Å². The number of nitrogens with two attached hydrogens (primary N) is 1. The van der Waals surface area contributed by atoms with Crippen LogP contribution in [0.5, 0.6) is 0 Å². The molecule has 0 unspecified atom stereocenters. The maximum atomic E-state index is 9.97. The lowest BCUT2D eigenvalue weighted by Crippen LogP contribution is -2.14. The fraction of sp³-hybridized carbons (Fsp3) is 0.909. The zero-order chi connectivity index (χ0) is 13.3. The number of aldehydes is 1. The fourth-order valence-electron chi connectivity index (χ4n) is 1.00. The van der Waals surface area contributed by atoms with Crippen LogP contribution in [0, 0.1) is 0 Å². The van der Waals surface area contributed by atoms with Crippen molar-refractivity contribution in [2.24, 2.45) is 5.90 Å². The lowest BCUT2D eigenvalue weighted by molar-refractivity contribution is -0.108. The Labute approximate surface area is 107 Å². The van der Waals surface area contributed by atoms with Crippen molar-refractivity contribution >= 4 is 6.29 Å². The minimum atomic E-state index is 0.382. The van der Waals surface area contributed by atoms with Gasteiger partial charge in [-0.3, -0.25) is 0 Å². The van der Waals surface area contributed by atoms with Crippen LogP contribution in [0.25, 0.3) is 0 Å². The van der Waals surface area contributed by atoms with Crippen LogP contribution < -0.4 is 5.90 Å². The molecule has 2 N–H and O–H groups in total. The van der Waals surface area contributed by atoms with Crippen LogP contribution >= 0.6 is 0 Å². The number of rotatable bonds is 15. The predicted molar refractivity (Wildman–Crippen MR) is 64.1 cm³/mol. The summed E-state index contributed by atoms with van der Waals surface area (Å²) in [6.45, 7) is 4.37. The number of carbonyl (C=O) groups excluding carboxylic acids is 1. The first kappa shape index (κ1) is 17.4. The molecule has 0 aromatic rings. The lowest BCUT2D eigenvalue weighted by Gasteiger charge is -2.06. The molecule has 7 heteroatoms. The van der Waals surface area contributed by atoms with Gasteiger partial charge in [-0.2, -0.15) is 0 Å². The molecule has 0 bridgehead atoms. The predicted octanol–water partition coefficient (Wildman–Crippen LogP) is -0.468. The van der Waals surface area contributed by atoms with E-state index in [2.05, 4.69) is 4.84 Å². The van der Waals surface area contributed by atoms with Gasteiger partial charge in [0.1, 0.15) is 6.29 Å². The zero-order valence-electron chi connectivity index (χ0n) is 10.7. The third-order valence-electron chi connectivity index (χ3n) is 1.84. The van der Waals surface area contributed by atoms with Crippen LogP contribution in [0.3, 0.4) is 0 Å². The van der Waals surface area contributed by atoms with E-state index in [0.717, 1.165) is 6.29 Å². The van der Waals surface area contributed by atoms with Crippen molar-refractivity contribution in [3.05, 3.63) is 0 Å². The maximum Gasteiger partial charge on any atom is 0.122 e. The second kappa shape index (κ2) is 16.4. The highest BCUT2D eigenvalue weighted by molar-refractivity contribution is 5.49. The molecule has 0 aliphatic heterocycles. The Bertz CT molecular complexity index is 170. The Morgan fingerprint density at radius 1 is 0.667 bits per heavy atom. The van der Waals surface area contributed by atoms with Gasteiger partial charge in [0.25, 0.3) is 0 Å². The number of ether oxygens (including phenoxy) is 4. The summed E-state index contributed by atoms with van der Waals surface area (Å²) in [6, 6.07) is 0. The zero-order valence-corrected chi connectivity index (χ0v) is 10.7. The first-order chi connectivity index (χ1) is 8.91. The molecule has 0 fully saturated rings. The molecule has 0 rings (SSSR count). The summed E-state index contributed by atoms with van der Waals surface area (Å²) in [6.07, 6.45) is 1.26. The van der Waals surface area contributed by atoms with Crippen molar-refractivity contribution < 1.29 is 28.6 Å². The van der Waals surface area contributed by atoms with Crippen LogP contribution in [0.4, 0.5) is 0 Å². The molecule has 0 aliphatic carbocycles. The highest BCUT2D eigenvalue weighted by Crippen LogP contribution is 1.83. The van der Waals surface area contributed by atoms with Crippen molar-refractivity contribution in [2.75, 3.05) is 59.5 Å². The van der Waals surface area contributed by atoms with Gasteiger partial charge in [0.05, 0.1) is 59.5 Å². The maximum absolute atomic E-state index is 9.97. The second-order valence-electron chi connectivity index (χ2n) is 3.28. The Morgan fingerprint density at radius 2 is 1.06 bits per heavy atom. The van der Waals surface area contributed by atoms with Crippen LogP contribution in [0.2, 0.25) is 0 Å². The minimum absolute atomic E-state index is 0.382. The van der Waals surface area contributed by atoms with E-state index in [9.17, 15) is 4.79 Å². The molecule has 0 saturated heterocycles. The summed E-state index contributed by atoms with van der Waals surface area (Å²) < 4.78 is 20.7. The summed E-state index contributed by atoms with van der Waals surface area (Å²) in [7, 11) is 0. The SMILES string of the molecule is NOCCOCCOCCOCCOCCC=O. The minimum Gasteiger partial charge on any atom is -0.379 e. The highest BCUT2D eigenvalue weighted by Gasteiger charge is 1.92. The molecule has 0 heterocycles. The molecular formula is C11H23NO6. The van der Waals surface area contributed by atoms with Gasteiger partial charge in [0.15, 0.2) is 0 Å². The molecule has 0 atom stereocenters. The first-order valence-electron chi connectivity index (χ1n) is 5.98. The van der Waals surface area contributed by atoms with Crippen LogP contribution in [-0.2, 0) is 28.6 Å². The molecule has 18 heavy (non-hydrogen) atoms. The van der Waals surface area contributed by atoms with Gasteiger partial charge in [-0.15, -0.1) is 0 Å². The van der Waals surface area contributed by atoms with Gasteiger partial charge in [0.2, 0.25) is 0 Å². The topological polar surface area (TPSA) is 89.2 Å². The van der Waals surface area contributed by atoms with Crippen molar-refractivity contribution in [3.8, 4) is 0 Å². The van der Waals surface area contributed by atoms with Crippen molar-refractivity contribution in [3.63, 3.8) is 0 Å². The first-order valence-corrected chi connectivity index (χ1v) is 5.98. The third-order valence-corrected chi connectivity index (χ3v) is 1.84. The smallest absolute Gasteiger partial charge is 0.122 e. The number of carbonyl (C=O) groups is 1.